The third kappa shape index (κ3) is 4.48. The van der Waals surface area contributed by atoms with Crippen LogP contribution < -0.4 is 4.74 Å². The molecule has 4 nitrogen and oxygen atoms in total. The smallest absolute Gasteiger partial charge is 0.344 e. The van der Waals surface area contributed by atoms with E-state index >= 15 is 0 Å². The van der Waals surface area contributed by atoms with Gasteiger partial charge in [-0.1, -0.05) is 29.8 Å². The van der Waals surface area contributed by atoms with Crippen LogP contribution in [0.5, 0.6) is 5.75 Å². The van der Waals surface area contributed by atoms with Crippen molar-refractivity contribution in [3.05, 3.63) is 63.7 Å². The molecule has 0 saturated carbocycles. The average molecular weight is 330 g/mol. The summed E-state index contributed by atoms with van der Waals surface area (Å²) in [5, 5.41) is 9.62. The number of nitriles is 1. The van der Waals surface area contributed by atoms with Crippen LogP contribution in [-0.2, 0) is 16.1 Å². The van der Waals surface area contributed by atoms with Crippen LogP contribution in [0.25, 0.3) is 0 Å². The molecule has 0 aliphatic heterocycles. The molecule has 0 radical (unpaired) electrons. The molecule has 0 aliphatic carbocycles. The first kappa shape index (κ1) is 16.9. The zero-order valence-electron chi connectivity index (χ0n) is 12.9. The Morgan fingerprint density at radius 1 is 1.22 bits per heavy atom. The van der Waals surface area contributed by atoms with Gasteiger partial charge in [0.05, 0.1) is 11.6 Å². The highest BCUT2D eigenvalue weighted by molar-refractivity contribution is 6.30. The zero-order valence-corrected chi connectivity index (χ0v) is 13.7. The molecule has 118 valence electrons. The van der Waals surface area contributed by atoms with E-state index in [0.717, 1.165) is 11.1 Å². The highest BCUT2D eigenvalue weighted by atomic mass is 35.5. The van der Waals surface area contributed by atoms with Gasteiger partial charge in [0.2, 0.25) is 0 Å². The van der Waals surface area contributed by atoms with Gasteiger partial charge in [0, 0.05) is 10.6 Å². The normalized spacial score (nSPS) is 10.0. The van der Waals surface area contributed by atoms with E-state index < -0.39 is 5.97 Å². The zero-order chi connectivity index (χ0) is 16.8. The van der Waals surface area contributed by atoms with Gasteiger partial charge in [-0.2, -0.15) is 5.26 Å². The molecule has 2 aromatic rings. The van der Waals surface area contributed by atoms with Crippen molar-refractivity contribution in [3.8, 4) is 11.8 Å². The van der Waals surface area contributed by atoms with Crippen molar-refractivity contribution in [1.82, 2.24) is 0 Å². The van der Waals surface area contributed by atoms with E-state index in [1.165, 1.54) is 0 Å². The molecule has 0 bridgehead atoms. The largest absolute Gasteiger partial charge is 0.481 e. The number of benzene rings is 2. The molecule has 23 heavy (non-hydrogen) atoms. The van der Waals surface area contributed by atoms with Crippen molar-refractivity contribution >= 4 is 17.6 Å². The van der Waals surface area contributed by atoms with Gasteiger partial charge in [-0.3, -0.25) is 0 Å². The van der Waals surface area contributed by atoms with Crippen molar-refractivity contribution in [2.24, 2.45) is 0 Å². The molecule has 2 aromatic carbocycles. The Balaban J connectivity index is 1.93. The van der Waals surface area contributed by atoms with Crippen molar-refractivity contribution in [2.75, 3.05) is 6.61 Å². The third-order valence-electron chi connectivity index (χ3n) is 3.29. The van der Waals surface area contributed by atoms with Crippen molar-refractivity contribution in [3.63, 3.8) is 0 Å². The minimum atomic E-state index is -0.494. The van der Waals surface area contributed by atoms with Crippen molar-refractivity contribution in [1.29, 1.82) is 5.26 Å². The molecule has 0 heterocycles. The summed E-state index contributed by atoms with van der Waals surface area (Å²) in [7, 11) is 0. The third-order valence-corrected chi connectivity index (χ3v) is 3.50. The van der Waals surface area contributed by atoms with E-state index in [-0.39, 0.29) is 13.2 Å². The minimum absolute atomic E-state index is 0.0461. The first-order valence-electron chi connectivity index (χ1n) is 7.04. The molecule has 5 heteroatoms. The molecule has 0 atom stereocenters. The van der Waals surface area contributed by atoms with E-state index in [0.29, 0.717) is 21.9 Å². The van der Waals surface area contributed by atoms with Crippen LogP contribution >= 0.6 is 11.6 Å². The van der Waals surface area contributed by atoms with Crippen LogP contribution in [0.2, 0.25) is 5.02 Å². The molecule has 0 fully saturated rings. The molecule has 0 spiro atoms. The number of carbonyl (C=O) groups excluding carboxylic acids is 1. The Hall–Kier alpha value is -2.51. The van der Waals surface area contributed by atoms with E-state index in [9.17, 15) is 4.79 Å². The quantitative estimate of drug-likeness (QED) is 0.779. The Kier molecular flexibility index (Phi) is 5.61. The highest BCUT2D eigenvalue weighted by Gasteiger charge is 2.10. The van der Waals surface area contributed by atoms with Gasteiger partial charge in [-0.15, -0.1) is 0 Å². The lowest BCUT2D eigenvalue weighted by Gasteiger charge is -2.12. The molecular weight excluding hydrogens is 314 g/mol. The van der Waals surface area contributed by atoms with Crippen molar-refractivity contribution in [2.45, 2.75) is 20.5 Å². The maximum atomic E-state index is 11.8. The summed E-state index contributed by atoms with van der Waals surface area (Å²) < 4.78 is 10.7. The lowest BCUT2D eigenvalue weighted by atomic mass is 10.1. The second-order valence-corrected chi connectivity index (χ2v) is 5.52. The summed E-state index contributed by atoms with van der Waals surface area (Å²) in [5.74, 6) is 0.135. The van der Waals surface area contributed by atoms with E-state index in [1.807, 2.05) is 13.8 Å². The Morgan fingerprint density at radius 3 is 2.52 bits per heavy atom. The van der Waals surface area contributed by atoms with Gasteiger partial charge >= 0.3 is 5.97 Å². The summed E-state index contributed by atoms with van der Waals surface area (Å²) >= 11 is 5.96. The van der Waals surface area contributed by atoms with Gasteiger partial charge in [0.15, 0.2) is 6.61 Å². The Labute approximate surface area is 140 Å². The first-order chi connectivity index (χ1) is 11.0. The highest BCUT2D eigenvalue weighted by Crippen LogP contribution is 2.27. The molecule has 0 amide bonds. The lowest BCUT2D eigenvalue weighted by Crippen LogP contribution is -2.16. The number of nitrogens with zero attached hydrogens (tertiary/aromatic N) is 1. The molecular formula is C18H16ClNO3. The second kappa shape index (κ2) is 7.66. The summed E-state index contributed by atoms with van der Waals surface area (Å²) in [4.78, 5) is 11.8. The van der Waals surface area contributed by atoms with Crippen LogP contribution in [0.15, 0.2) is 36.4 Å². The number of aryl methyl sites for hydroxylation is 2. The second-order valence-electron chi connectivity index (χ2n) is 5.09. The fourth-order valence-electron chi connectivity index (χ4n) is 2.21. The lowest BCUT2D eigenvalue weighted by molar-refractivity contribution is -0.147. The summed E-state index contributed by atoms with van der Waals surface area (Å²) in [6.45, 7) is 3.58. The number of hydrogen-bond acceptors (Lipinski definition) is 4. The molecule has 0 unspecified atom stereocenters. The monoisotopic (exact) mass is 329 g/mol. The topological polar surface area (TPSA) is 59.3 Å². The van der Waals surface area contributed by atoms with Gasteiger partial charge < -0.3 is 9.47 Å². The van der Waals surface area contributed by atoms with Gasteiger partial charge in [-0.05, 0) is 43.2 Å². The van der Waals surface area contributed by atoms with E-state index in [4.69, 9.17) is 26.3 Å². The Morgan fingerprint density at radius 2 is 1.87 bits per heavy atom. The summed E-state index contributed by atoms with van der Waals surface area (Å²) in [6.07, 6.45) is 0. The number of rotatable bonds is 5. The predicted octanol–water partition coefficient (Wildman–Crippen LogP) is 3.95. The summed E-state index contributed by atoms with van der Waals surface area (Å²) in [6, 6.07) is 12.6. The standard InChI is InChI=1S/C18H16ClNO3/c1-12-7-16(19)8-13(2)18(12)23-11-17(21)22-10-15-6-4-3-5-14(15)9-20/h3-8H,10-11H2,1-2H3. The van der Waals surface area contributed by atoms with E-state index in [1.54, 1.807) is 36.4 Å². The minimum Gasteiger partial charge on any atom is -0.481 e. The maximum Gasteiger partial charge on any atom is 0.344 e. The molecule has 0 aliphatic rings. The molecule has 2 rings (SSSR count). The molecule has 0 aromatic heterocycles. The molecule has 0 saturated heterocycles. The average Bonchev–Trinajstić information content (AvgIpc) is 2.52. The van der Waals surface area contributed by atoms with E-state index in [2.05, 4.69) is 6.07 Å². The first-order valence-corrected chi connectivity index (χ1v) is 7.42. The van der Waals surface area contributed by atoms with Gasteiger partial charge in [0.1, 0.15) is 12.4 Å². The number of esters is 1. The fraction of sp³-hybridized carbons (Fsp3) is 0.222. The Bertz CT molecular complexity index is 742. The van der Waals surface area contributed by atoms with Gasteiger partial charge in [-0.25, -0.2) is 4.79 Å². The SMILES string of the molecule is Cc1cc(Cl)cc(C)c1OCC(=O)OCc1ccccc1C#N. The summed E-state index contributed by atoms with van der Waals surface area (Å²) in [5.41, 5.74) is 2.88. The van der Waals surface area contributed by atoms with Crippen molar-refractivity contribution < 1.29 is 14.3 Å². The number of ether oxygens (including phenoxy) is 2. The van der Waals surface area contributed by atoms with Gasteiger partial charge in [0.25, 0.3) is 0 Å². The van der Waals surface area contributed by atoms with Crippen LogP contribution in [0.3, 0.4) is 0 Å². The van der Waals surface area contributed by atoms with Crippen LogP contribution in [0.1, 0.15) is 22.3 Å². The maximum absolute atomic E-state index is 11.8. The fourth-order valence-corrected chi connectivity index (χ4v) is 2.54. The predicted molar refractivity (Wildman–Crippen MR) is 87.4 cm³/mol. The molecule has 0 N–H and O–H groups in total. The van der Waals surface area contributed by atoms with Crippen LogP contribution in [0, 0.1) is 25.2 Å². The number of hydrogen-bond donors (Lipinski definition) is 0. The number of carbonyl (C=O) groups is 1. The number of halogens is 1. The van der Waals surface area contributed by atoms with Crippen LogP contribution in [-0.4, -0.2) is 12.6 Å². The van der Waals surface area contributed by atoms with Crippen LogP contribution in [0.4, 0.5) is 0 Å².